The van der Waals surface area contributed by atoms with Crippen LogP contribution in [0.4, 0.5) is 10.5 Å². The SMILES string of the molecule is CC(C)(C)OC(=O)N1CCN(c2ccc(C(=O)O)c(C=O)c2)CC1. The summed E-state index contributed by atoms with van der Waals surface area (Å²) in [6, 6.07) is 4.68. The number of ether oxygens (including phenoxy) is 1. The van der Waals surface area contributed by atoms with Gasteiger partial charge in [0.2, 0.25) is 0 Å². The molecule has 1 fully saturated rings. The van der Waals surface area contributed by atoms with Crippen molar-refractivity contribution in [1.29, 1.82) is 0 Å². The number of carbonyl (C=O) groups is 3. The molecule has 2 rings (SSSR count). The van der Waals surface area contributed by atoms with E-state index in [9.17, 15) is 14.4 Å². The van der Waals surface area contributed by atoms with Crippen LogP contribution >= 0.6 is 0 Å². The van der Waals surface area contributed by atoms with Gasteiger partial charge in [-0.15, -0.1) is 0 Å². The van der Waals surface area contributed by atoms with Crippen molar-refractivity contribution in [3.05, 3.63) is 29.3 Å². The summed E-state index contributed by atoms with van der Waals surface area (Å²) in [6.45, 7) is 7.66. The molecule has 1 saturated heterocycles. The highest BCUT2D eigenvalue weighted by molar-refractivity contribution is 5.98. The molecule has 7 nitrogen and oxygen atoms in total. The summed E-state index contributed by atoms with van der Waals surface area (Å²) >= 11 is 0. The average Bonchev–Trinajstić information content (AvgIpc) is 2.52. The molecule has 1 aliphatic heterocycles. The highest BCUT2D eigenvalue weighted by Crippen LogP contribution is 2.21. The van der Waals surface area contributed by atoms with Crippen LogP contribution < -0.4 is 4.90 Å². The Morgan fingerprint density at radius 2 is 1.79 bits per heavy atom. The third-order valence-corrected chi connectivity index (χ3v) is 3.69. The molecule has 130 valence electrons. The van der Waals surface area contributed by atoms with Crippen molar-refractivity contribution in [3.63, 3.8) is 0 Å². The van der Waals surface area contributed by atoms with Crippen molar-refractivity contribution in [2.45, 2.75) is 26.4 Å². The monoisotopic (exact) mass is 334 g/mol. The van der Waals surface area contributed by atoms with Gasteiger partial charge < -0.3 is 19.6 Å². The van der Waals surface area contributed by atoms with E-state index >= 15 is 0 Å². The fourth-order valence-electron chi connectivity index (χ4n) is 2.51. The third kappa shape index (κ3) is 4.24. The minimum atomic E-state index is -1.13. The smallest absolute Gasteiger partial charge is 0.410 e. The van der Waals surface area contributed by atoms with Crippen molar-refractivity contribution < 1.29 is 24.2 Å². The lowest BCUT2D eigenvalue weighted by Gasteiger charge is -2.36. The molecular weight excluding hydrogens is 312 g/mol. The maximum Gasteiger partial charge on any atom is 0.410 e. The molecule has 24 heavy (non-hydrogen) atoms. The van der Waals surface area contributed by atoms with E-state index in [2.05, 4.69) is 0 Å². The van der Waals surface area contributed by atoms with Crippen LogP contribution in [0.3, 0.4) is 0 Å². The molecule has 0 saturated carbocycles. The number of hydrogen-bond donors (Lipinski definition) is 1. The second-order valence-corrected chi connectivity index (χ2v) is 6.65. The van der Waals surface area contributed by atoms with Gasteiger partial charge in [0.05, 0.1) is 5.56 Å². The standard InChI is InChI=1S/C17H22N2O5/c1-17(2,3)24-16(23)19-8-6-18(7-9-19)13-4-5-14(15(21)22)12(10-13)11-20/h4-5,10-11H,6-9H2,1-3H3,(H,21,22). The molecule has 7 heteroatoms. The van der Waals surface area contributed by atoms with E-state index in [0.717, 1.165) is 5.69 Å². The summed E-state index contributed by atoms with van der Waals surface area (Å²) < 4.78 is 5.35. The maximum atomic E-state index is 12.1. The molecule has 1 aromatic carbocycles. The molecule has 1 aromatic rings. The fourth-order valence-corrected chi connectivity index (χ4v) is 2.51. The Morgan fingerprint density at radius 1 is 1.17 bits per heavy atom. The van der Waals surface area contributed by atoms with E-state index in [1.165, 1.54) is 6.07 Å². The Hall–Kier alpha value is -2.57. The van der Waals surface area contributed by atoms with E-state index in [1.54, 1.807) is 17.0 Å². The summed E-state index contributed by atoms with van der Waals surface area (Å²) in [5.41, 5.74) is 0.376. The van der Waals surface area contributed by atoms with Gasteiger partial charge in [-0.05, 0) is 39.0 Å². The number of carbonyl (C=O) groups excluding carboxylic acids is 2. The van der Waals surface area contributed by atoms with Crippen molar-refractivity contribution in [1.82, 2.24) is 4.90 Å². The molecule has 0 bridgehead atoms. The summed E-state index contributed by atoms with van der Waals surface area (Å²) in [4.78, 5) is 37.9. The van der Waals surface area contributed by atoms with Crippen LogP contribution in [0.2, 0.25) is 0 Å². The van der Waals surface area contributed by atoms with Gasteiger partial charge in [0, 0.05) is 37.4 Å². The lowest BCUT2D eigenvalue weighted by Crippen LogP contribution is -2.50. The fraction of sp³-hybridized carbons (Fsp3) is 0.471. The summed E-state index contributed by atoms with van der Waals surface area (Å²) in [5.74, 6) is -1.13. The van der Waals surface area contributed by atoms with Crippen LogP contribution in [-0.4, -0.2) is 60.1 Å². The first-order valence-corrected chi connectivity index (χ1v) is 7.76. The zero-order valence-corrected chi connectivity index (χ0v) is 14.1. The number of nitrogens with zero attached hydrogens (tertiary/aromatic N) is 2. The Balaban J connectivity index is 2.03. The number of aldehydes is 1. The molecule has 0 aromatic heterocycles. The van der Waals surface area contributed by atoms with Gasteiger partial charge in [0.1, 0.15) is 5.60 Å². The molecule has 0 unspecified atom stereocenters. The van der Waals surface area contributed by atoms with Crippen LogP contribution in [0.15, 0.2) is 18.2 Å². The first-order chi connectivity index (χ1) is 11.2. The second-order valence-electron chi connectivity index (χ2n) is 6.65. The number of carboxylic acid groups (broad SMARTS) is 1. The summed E-state index contributed by atoms with van der Waals surface area (Å²) in [7, 11) is 0. The first-order valence-electron chi connectivity index (χ1n) is 7.76. The largest absolute Gasteiger partial charge is 0.478 e. The highest BCUT2D eigenvalue weighted by Gasteiger charge is 2.26. The van der Waals surface area contributed by atoms with Gasteiger partial charge in [-0.25, -0.2) is 9.59 Å². The van der Waals surface area contributed by atoms with E-state index in [1.807, 2.05) is 25.7 Å². The number of piperazine rings is 1. The minimum Gasteiger partial charge on any atom is -0.478 e. The van der Waals surface area contributed by atoms with Gasteiger partial charge >= 0.3 is 12.1 Å². The molecule has 0 radical (unpaired) electrons. The normalized spacial score (nSPS) is 15.1. The molecule has 0 aliphatic carbocycles. The Labute approximate surface area is 140 Å². The average molecular weight is 334 g/mol. The lowest BCUT2D eigenvalue weighted by molar-refractivity contribution is 0.0240. The molecule has 1 heterocycles. The highest BCUT2D eigenvalue weighted by atomic mass is 16.6. The Kier molecular flexibility index (Phi) is 5.11. The predicted octanol–water partition coefficient (Wildman–Crippen LogP) is 2.25. The summed E-state index contributed by atoms with van der Waals surface area (Å²) in [6.07, 6.45) is 0.209. The third-order valence-electron chi connectivity index (χ3n) is 3.69. The van der Waals surface area contributed by atoms with Gasteiger partial charge in [0.15, 0.2) is 6.29 Å². The Bertz CT molecular complexity index is 643. The number of benzene rings is 1. The van der Waals surface area contributed by atoms with E-state index in [0.29, 0.717) is 32.5 Å². The molecule has 0 spiro atoms. The lowest BCUT2D eigenvalue weighted by atomic mass is 10.1. The van der Waals surface area contributed by atoms with Crippen molar-refractivity contribution >= 4 is 24.0 Å². The predicted molar refractivity (Wildman–Crippen MR) is 88.8 cm³/mol. The number of rotatable bonds is 3. The molecule has 1 N–H and O–H groups in total. The van der Waals surface area contributed by atoms with Crippen LogP contribution in [0.5, 0.6) is 0 Å². The molecular formula is C17H22N2O5. The number of carboxylic acids is 1. The van der Waals surface area contributed by atoms with Crippen molar-refractivity contribution in [2.24, 2.45) is 0 Å². The van der Waals surface area contributed by atoms with E-state index in [-0.39, 0.29) is 17.2 Å². The van der Waals surface area contributed by atoms with Crippen LogP contribution in [0.25, 0.3) is 0 Å². The topological polar surface area (TPSA) is 87.2 Å². The number of amides is 1. The Morgan fingerprint density at radius 3 is 2.29 bits per heavy atom. The van der Waals surface area contributed by atoms with Gasteiger partial charge in [0.25, 0.3) is 0 Å². The van der Waals surface area contributed by atoms with Crippen LogP contribution in [-0.2, 0) is 4.74 Å². The van der Waals surface area contributed by atoms with Crippen LogP contribution in [0, 0.1) is 0 Å². The first kappa shape index (κ1) is 17.8. The second kappa shape index (κ2) is 6.90. The molecule has 1 amide bonds. The summed E-state index contributed by atoms with van der Waals surface area (Å²) in [5, 5.41) is 9.06. The van der Waals surface area contributed by atoms with Crippen molar-refractivity contribution in [2.75, 3.05) is 31.1 Å². The van der Waals surface area contributed by atoms with Gasteiger partial charge in [-0.1, -0.05) is 0 Å². The molecule has 1 aliphatic rings. The van der Waals surface area contributed by atoms with Gasteiger partial charge in [-0.3, -0.25) is 4.79 Å². The number of anilines is 1. The quantitative estimate of drug-likeness (QED) is 0.853. The van der Waals surface area contributed by atoms with E-state index < -0.39 is 11.6 Å². The van der Waals surface area contributed by atoms with Gasteiger partial charge in [-0.2, -0.15) is 0 Å². The maximum absolute atomic E-state index is 12.1. The number of aromatic carboxylic acids is 1. The van der Waals surface area contributed by atoms with E-state index in [4.69, 9.17) is 9.84 Å². The van der Waals surface area contributed by atoms with Crippen LogP contribution in [0.1, 0.15) is 41.5 Å². The zero-order chi connectivity index (χ0) is 17.9. The minimum absolute atomic E-state index is 0.0128. The molecule has 0 atom stereocenters. The van der Waals surface area contributed by atoms with Crippen molar-refractivity contribution in [3.8, 4) is 0 Å². The zero-order valence-electron chi connectivity index (χ0n) is 14.1. The number of hydrogen-bond acceptors (Lipinski definition) is 5.